The van der Waals surface area contributed by atoms with Crippen molar-refractivity contribution in [3.05, 3.63) is 76.3 Å². The fourth-order valence-corrected chi connectivity index (χ4v) is 4.65. The zero-order valence-electron chi connectivity index (χ0n) is 18.4. The number of para-hydroxylation sites is 1. The topological polar surface area (TPSA) is 105 Å². The van der Waals surface area contributed by atoms with E-state index >= 15 is 0 Å². The Balaban J connectivity index is 1.65. The number of carbonyl (C=O) groups excluding carboxylic acids is 2. The molecule has 0 spiro atoms. The number of benzene rings is 2. The van der Waals surface area contributed by atoms with Gasteiger partial charge in [0.1, 0.15) is 0 Å². The number of aliphatic hydroxyl groups excluding tert-OH is 1. The van der Waals surface area contributed by atoms with Crippen LogP contribution >= 0.6 is 11.6 Å². The molecule has 4 aromatic rings. The lowest BCUT2D eigenvalue weighted by atomic mass is 9.94. The van der Waals surface area contributed by atoms with Crippen LogP contribution in [-0.2, 0) is 9.53 Å². The largest absolute Gasteiger partial charge is 0.503 e. The van der Waals surface area contributed by atoms with Crippen LogP contribution in [0.2, 0.25) is 5.02 Å². The highest BCUT2D eigenvalue weighted by molar-refractivity contribution is 6.31. The van der Waals surface area contributed by atoms with Gasteiger partial charge in [0.25, 0.3) is 5.91 Å². The number of nitrogens with zero attached hydrogens (tertiary/aromatic N) is 1. The second-order valence-electron chi connectivity index (χ2n) is 7.91. The Morgan fingerprint density at radius 1 is 1.24 bits per heavy atom. The first-order chi connectivity index (χ1) is 16.4. The van der Waals surface area contributed by atoms with Crippen molar-refractivity contribution in [2.75, 3.05) is 27.4 Å². The first kappa shape index (κ1) is 22.1. The molecule has 0 fully saturated rings. The van der Waals surface area contributed by atoms with Gasteiger partial charge in [0.05, 0.1) is 25.3 Å². The number of ketones is 1. The van der Waals surface area contributed by atoms with E-state index in [9.17, 15) is 14.7 Å². The molecule has 3 heterocycles. The van der Waals surface area contributed by atoms with Gasteiger partial charge in [0.2, 0.25) is 5.78 Å². The van der Waals surface area contributed by atoms with E-state index in [4.69, 9.17) is 25.5 Å². The number of Topliss-reactive ketones (excluding diaryl/α,β-unsaturated/α-hetero) is 1. The van der Waals surface area contributed by atoms with Crippen LogP contribution in [0.4, 0.5) is 0 Å². The number of carbonyl (C=O) groups is 2. The number of H-pyrrole nitrogens is 1. The van der Waals surface area contributed by atoms with Crippen molar-refractivity contribution >= 4 is 45.2 Å². The minimum Gasteiger partial charge on any atom is -0.503 e. The SMILES string of the molecule is COCCN1C(=O)C(O)=C(C(=O)c2cc3cc(Cl)cc(OC)c3o2)C1c1c[nH]c2ccccc12. The molecular weight excluding hydrogens is 460 g/mol. The molecule has 0 saturated heterocycles. The second kappa shape index (κ2) is 8.55. The minimum atomic E-state index is -0.829. The summed E-state index contributed by atoms with van der Waals surface area (Å²) in [6.07, 6.45) is 1.75. The number of amides is 1. The minimum absolute atomic E-state index is 0.0386. The molecule has 0 aliphatic carbocycles. The van der Waals surface area contributed by atoms with E-state index in [0.717, 1.165) is 10.9 Å². The van der Waals surface area contributed by atoms with Crippen molar-refractivity contribution < 1.29 is 28.6 Å². The maximum absolute atomic E-state index is 13.7. The van der Waals surface area contributed by atoms with Crippen LogP contribution in [-0.4, -0.2) is 54.1 Å². The van der Waals surface area contributed by atoms with Crippen LogP contribution in [0, 0.1) is 0 Å². The Morgan fingerprint density at radius 3 is 2.79 bits per heavy atom. The summed E-state index contributed by atoms with van der Waals surface area (Å²) in [4.78, 5) is 31.4. The van der Waals surface area contributed by atoms with Crippen LogP contribution in [0.1, 0.15) is 22.2 Å². The van der Waals surface area contributed by atoms with Gasteiger partial charge in [0.15, 0.2) is 22.9 Å². The zero-order valence-corrected chi connectivity index (χ0v) is 19.2. The summed E-state index contributed by atoms with van der Waals surface area (Å²) >= 11 is 6.15. The average molecular weight is 481 g/mol. The predicted molar refractivity (Wildman–Crippen MR) is 126 cm³/mol. The van der Waals surface area contributed by atoms with Gasteiger partial charge in [-0.2, -0.15) is 0 Å². The van der Waals surface area contributed by atoms with Gasteiger partial charge in [-0.3, -0.25) is 9.59 Å². The first-order valence-electron chi connectivity index (χ1n) is 10.6. The highest BCUT2D eigenvalue weighted by atomic mass is 35.5. The van der Waals surface area contributed by atoms with Crippen molar-refractivity contribution in [1.82, 2.24) is 9.88 Å². The average Bonchev–Trinajstić information content (AvgIpc) is 3.52. The van der Waals surface area contributed by atoms with Gasteiger partial charge < -0.3 is 28.9 Å². The molecule has 0 bridgehead atoms. The molecular formula is C25H21ClN2O6. The maximum Gasteiger partial charge on any atom is 0.290 e. The van der Waals surface area contributed by atoms with E-state index in [2.05, 4.69) is 4.98 Å². The molecule has 0 radical (unpaired) electrons. The lowest BCUT2D eigenvalue weighted by Crippen LogP contribution is -2.33. The van der Waals surface area contributed by atoms with Gasteiger partial charge in [-0.05, 0) is 18.2 Å². The number of hydrogen-bond donors (Lipinski definition) is 2. The van der Waals surface area contributed by atoms with E-state index in [1.165, 1.54) is 25.2 Å². The highest BCUT2D eigenvalue weighted by Gasteiger charge is 2.45. The molecule has 1 aliphatic heterocycles. The van der Waals surface area contributed by atoms with Crippen LogP contribution in [0.3, 0.4) is 0 Å². The highest BCUT2D eigenvalue weighted by Crippen LogP contribution is 2.42. The van der Waals surface area contributed by atoms with E-state index in [0.29, 0.717) is 27.3 Å². The Hall–Kier alpha value is -3.75. The van der Waals surface area contributed by atoms with Crippen molar-refractivity contribution in [3.63, 3.8) is 0 Å². The number of methoxy groups -OCH3 is 2. The molecule has 2 N–H and O–H groups in total. The van der Waals surface area contributed by atoms with Crippen molar-refractivity contribution in [3.8, 4) is 5.75 Å². The Morgan fingerprint density at radius 2 is 2.03 bits per heavy atom. The number of hydrogen-bond acceptors (Lipinski definition) is 6. The Kier molecular flexibility index (Phi) is 5.55. The number of aliphatic hydroxyl groups is 1. The third-order valence-corrected chi connectivity index (χ3v) is 6.21. The molecule has 5 rings (SSSR count). The third kappa shape index (κ3) is 3.43. The van der Waals surface area contributed by atoms with Crippen LogP contribution in [0.5, 0.6) is 5.75 Å². The summed E-state index contributed by atoms with van der Waals surface area (Å²) in [5.74, 6) is -1.52. The van der Waals surface area contributed by atoms with E-state index in [1.807, 2.05) is 24.3 Å². The monoisotopic (exact) mass is 480 g/mol. The van der Waals surface area contributed by atoms with Gasteiger partial charge >= 0.3 is 0 Å². The molecule has 34 heavy (non-hydrogen) atoms. The number of furan rings is 1. The summed E-state index contributed by atoms with van der Waals surface area (Å²) in [6.45, 7) is 0.420. The summed E-state index contributed by atoms with van der Waals surface area (Å²) in [5.41, 5.74) is 1.82. The molecule has 1 unspecified atom stereocenters. The molecule has 0 saturated carbocycles. The van der Waals surface area contributed by atoms with Crippen molar-refractivity contribution in [1.29, 1.82) is 0 Å². The van der Waals surface area contributed by atoms with E-state index in [-0.39, 0.29) is 24.5 Å². The van der Waals surface area contributed by atoms with E-state index < -0.39 is 23.5 Å². The number of nitrogens with one attached hydrogen (secondary N) is 1. The number of aromatic amines is 1. The number of halogens is 1. The van der Waals surface area contributed by atoms with Gasteiger partial charge in [-0.1, -0.05) is 29.8 Å². The lowest BCUT2D eigenvalue weighted by Gasteiger charge is -2.25. The molecule has 1 atom stereocenters. The van der Waals surface area contributed by atoms with Crippen molar-refractivity contribution in [2.24, 2.45) is 0 Å². The molecule has 1 amide bonds. The zero-order chi connectivity index (χ0) is 24.0. The molecule has 8 nitrogen and oxygen atoms in total. The predicted octanol–water partition coefficient (Wildman–Crippen LogP) is 4.80. The van der Waals surface area contributed by atoms with Crippen LogP contribution in [0.25, 0.3) is 21.9 Å². The fourth-order valence-electron chi connectivity index (χ4n) is 4.43. The number of aromatic nitrogens is 1. The van der Waals surface area contributed by atoms with Crippen LogP contribution in [0.15, 0.2) is 64.4 Å². The quantitative estimate of drug-likeness (QED) is 0.368. The number of ether oxygens (including phenoxy) is 2. The molecule has 174 valence electrons. The standard InChI is InChI=1S/C25H21ClN2O6/c1-32-8-7-28-21(16-12-27-17-6-4-3-5-15(16)17)20(23(30)25(28)31)22(29)18-10-13-9-14(26)11-19(33-2)24(13)34-18/h3-6,9-12,21,27,30H,7-8H2,1-2H3. The molecule has 1 aliphatic rings. The third-order valence-electron chi connectivity index (χ3n) is 5.99. The summed E-state index contributed by atoms with van der Waals surface area (Å²) in [5, 5.41) is 12.7. The number of fused-ring (bicyclic) bond motifs is 2. The Labute approximate surface area is 199 Å². The maximum atomic E-state index is 13.7. The lowest BCUT2D eigenvalue weighted by molar-refractivity contribution is -0.130. The smallest absolute Gasteiger partial charge is 0.290 e. The summed E-state index contributed by atoms with van der Waals surface area (Å²) in [7, 11) is 2.99. The Bertz CT molecular complexity index is 1470. The molecule has 2 aromatic carbocycles. The first-order valence-corrected chi connectivity index (χ1v) is 10.9. The fraction of sp³-hybridized carbons (Fsp3) is 0.200. The van der Waals surface area contributed by atoms with Crippen molar-refractivity contribution in [2.45, 2.75) is 6.04 Å². The second-order valence-corrected chi connectivity index (χ2v) is 8.35. The van der Waals surface area contributed by atoms with Gasteiger partial charge in [0, 0.05) is 52.8 Å². The molecule has 2 aromatic heterocycles. The summed E-state index contributed by atoms with van der Waals surface area (Å²) in [6, 6.07) is 11.5. The van der Waals surface area contributed by atoms with Gasteiger partial charge in [-0.25, -0.2) is 0 Å². The van der Waals surface area contributed by atoms with Crippen LogP contribution < -0.4 is 4.74 Å². The van der Waals surface area contributed by atoms with Gasteiger partial charge in [-0.15, -0.1) is 0 Å². The van der Waals surface area contributed by atoms with E-state index in [1.54, 1.807) is 18.3 Å². The molecule has 9 heteroatoms. The normalized spacial score (nSPS) is 16.3. The summed E-state index contributed by atoms with van der Waals surface area (Å²) < 4.78 is 16.3. The number of rotatable bonds is 7.